The van der Waals surface area contributed by atoms with Gasteiger partial charge in [-0.3, -0.25) is 0 Å². The number of fused-ring (bicyclic) bond motifs is 1. The van der Waals surface area contributed by atoms with E-state index in [2.05, 4.69) is 20.9 Å². The van der Waals surface area contributed by atoms with Crippen molar-refractivity contribution < 1.29 is 4.74 Å². The Bertz CT molecular complexity index is 627. The van der Waals surface area contributed by atoms with Crippen LogP contribution in [0.25, 0.3) is 11.2 Å². The SMILES string of the molecule is c1cnc2c(c1)nc(CC1CCCNC1)n2CC1CCOC1. The standard InChI is InChI=1S/C17H24N4O/c1-3-13(10-18-6-1)9-16-20-15-4-2-7-19-17(15)21(16)11-14-5-8-22-12-14/h2,4,7,13-14,18H,1,3,5-6,8-12H2. The zero-order chi connectivity index (χ0) is 14.8. The van der Waals surface area contributed by atoms with Crippen LogP contribution in [0, 0.1) is 11.8 Å². The highest BCUT2D eigenvalue weighted by Gasteiger charge is 2.22. The van der Waals surface area contributed by atoms with Gasteiger partial charge in [-0.25, -0.2) is 9.97 Å². The van der Waals surface area contributed by atoms with Gasteiger partial charge in [0.25, 0.3) is 0 Å². The molecule has 0 spiro atoms. The van der Waals surface area contributed by atoms with E-state index in [1.807, 2.05) is 12.3 Å². The Morgan fingerprint density at radius 3 is 3.14 bits per heavy atom. The normalized spacial score (nSPS) is 25.8. The van der Waals surface area contributed by atoms with Crippen molar-refractivity contribution in [2.75, 3.05) is 26.3 Å². The first-order valence-corrected chi connectivity index (χ1v) is 8.49. The predicted molar refractivity (Wildman–Crippen MR) is 85.8 cm³/mol. The second kappa shape index (κ2) is 6.34. The van der Waals surface area contributed by atoms with Crippen LogP contribution in [0.2, 0.25) is 0 Å². The van der Waals surface area contributed by atoms with Crippen LogP contribution in [0.3, 0.4) is 0 Å². The van der Waals surface area contributed by atoms with Crippen molar-refractivity contribution in [2.24, 2.45) is 11.8 Å². The summed E-state index contributed by atoms with van der Waals surface area (Å²) in [5, 5.41) is 3.51. The molecule has 2 aliphatic heterocycles. The molecule has 4 heterocycles. The summed E-state index contributed by atoms with van der Waals surface area (Å²) in [5.41, 5.74) is 2.06. The van der Waals surface area contributed by atoms with Crippen LogP contribution in [-0.2, 0) is 17.7 Å². The minimum atomic E-state index is 0.600. The number of hydrogen-bond acceptors (Lipinski definition) is 4. The van der Waals surface area contributed by atoms with Crippen LogP contribution < -0.4 is 5.32 Å². The molecule has 1 N–H and O–H groups in total. The van der Waals surface area contributed by atoms with Crippen molar-refractivity contribution in [1.29, 1.82) is 0 Å². The zero-order valence-corrected chi connectivity index (χ0v) is 13.0. The molecule has 2 saturated heterocycles. The second-order valence-electron chi connectivity index (χ2n) is 6.63. The molecule has 2 unspecified atom stereocenters. The molecule has 0 saturated carbocycles. The first kappa shape index (κ1) is 14.2. The van der Waals surface area contributed by atoms with Crippen molar-refractivity contribution in [3.8, 4) is 0 Å². The molecule has 2 fully saturated rings. The first-order chi connectivity index (χ1) is 10.9. The summed E-state index contributed by atoms with van der Waals surface area (Å²) in [6.07, 6.45) is 6.65. The Balaban J connectivity index is 1.62. The second-order valence-corrected chi connectivity index (χ2v) is 6.63. The van der Waals surface area contributed by atoms with E-state index in [0.717, 1.165) is 56.9 Å². The minimum Gasteiger partial charge on any atom is -0.381 e. The summed E-state index contributed by atoms with van der Waals surface area (Å²) in [5.74, 6) is 2.50. The Hall–Kier alpha value is -1.46. The van der Waals surface area contributed by atoms with Gasteiger partial charge in [-0.05, 0) is 50.4 Å². The Morgan fingerprint density at radius 2 is 2.32 bits per heavy atom. The van der Waals surface area contributed by atoms with Gasteiger partial charge in [0.2, 0.25) is 0 Å². The summed E-state index contributed by atoms with van der Waals surface area (Å²) in [4.78, 5) is 9.46. The molecule has 22 heavy (non-hydrogen) atoms. The molecule has 0 aliphatic carbocycles. The molecule has 0 radical (unpaired) electrons. The lowest BCUT2D eigenvalue weighted by atomic mass is 9.96. The molecule has 0 amide bonds. The van der Waals surface area contributed by atoms with Gasteiger partial charge in [0.15, 0.2) is 5.65 Å². The van der Waals surface area contributed by atoms with E-state index >= 15 is 0 Å². The lowest BCUT2D eigenvalue weighted by Gasteiger charge is -2.23. The number of aromatic nitrogens is 3. The maximum Gasteiger partial charge on any atom is 0.159 e. The summed E-state index contributed by atoms with van der Waals surface area (Å²) in [7, 11) is 0. The molecule has 5 nitrogen and oxygen atoms in total. The number of pyridine rings is 1. The third kappa shape index (κ3) is 2.88. The summed E-state index contributed by atoms with van der Waals surface area (Å²) < 4.78 is 7.89. The number of piperidine rings is 1. The van der Waals surface area contributed by atoms with Crippen molar-refractivity contribution in [3.63, 3.8) is 0 Å². The van der Waals surface area contributed by atoms with E-state index in [1.54, 1.807) is 0 Å². The minimum absolute atomic E-state index is 0.600. The quantitative estimate of drug-likeness (QED) is 0.938. The number of nitrogens with zero attached hydrogens (tertiary/aromatic N) is 3. The fourth-order valence-electron chi connectivity index (χ4n) is 3.69. The molecule has 0 aromatic carbocycles. The molecule has 2 aromatic heterocycles. The van der Waals surface area contributed by atoms with Gasteiger partial charge in [-0.15, -0.1) is 0 Å². The smallest absolute Gasteiger partial charge is 0.159 e. The van der Waals surface area contributed by atoms with Gasteiger partial charge in [0.1, 0.15) is 11.3 Å². The topological polar surface area (TPSA) is 52.0 Å². The molecule has 0 bridgehead atoms. The maximum atomic E-state index is 5.54. The molecule has 118 valence electrons. The van der Waals surface area contributed by atoms with Crippen LogP contribution >= 0.6 is 0 Å². The van der Waals surface area contributed by atoms with Gasteiger partial charge in [-0.1, -0.05) is 0 Å². The molecule has 2 atom stereocenters. The Labute approximate surface area is 131 Å². The highest BCUT2D eigenvalue weighted by atomic mass is 16.5. The lowest BCUT2D eigenvalue weighted by Crippen LogP contribution is -2.31. The van der Waals surface area contributed by atoms with E-state index in [4.69, 9.17) is 9.72 Å². The molecule has 5 heteroatoms. The van der Waals surface area contributed by atoms with E-state index < -0.39 is 0 Å². The summed E-state index contributed by atoms with van der Waals surface area (Å²) in [6.45, 7) is 5.03. The maximum absolute atomic E-state index is 5.54. The van der Waals surface area contributed by atoms with Crippen molar-refractivity contribution in [2.45, 2.75) is 32.2 Å². The Kier molecular flexibility index (Phi) is 4.08. The number of hydrogen-bond donors (Lipinski definition) is 1. The average molecular weight is 300 g/mol. The van der Waals surface area contributed by atoms with Crippen LogP contribution in [0.5, 0.6) is 0 Å². The van der Waals surface area contributed by atoms with Crippen LogP contribution in [-0.4, -0.2) is 40.8 Å². The van der Waals surface area contributed by atoms with E-state index in [1.165, 1.54) is 18.7 Å². The fraction of sp³-hybridized carbons (Fsp3) is 0.647. The van der Waals surface area contributed by atoms with Crippen LogP contribution in [0.4, 0.5) is 0 Å². The van der Waals surface area contributed by atoms with E-state index in [9.17, 15) is 0 Å². The molecule has 2 aliphatic rings. The number of ether oxygens (including phenoxy) is 1. The van der Waals surface area contributed by atoms with Gasteiger partial charge >= 0.3 is 0 Å². The summed E-state index contributed by atoms with van der Waals surface area (Å²) >= 11 is 0. The van der Waals surface area contributed by atoms with E-state index in [0.29, 0.717) is 11.8 Å². The largest absolute Gasteiger partial charge is 0.381 e. The molecule has 2 aromatic rings. The summed E-state index contributed by atoms with van der Waals surface area (Å²) in [6, 6.07) is 4.05. The highest BCUT2D eigenvalue weighted by molar-refractivity contribution is 5.71. The van der Waals surface area contributed by atoms with Gasteiger partial charge in [-0.2, -0.15) is 0 Å². The van der Waals surface area contributed by atoms with Crippen molar-refractivity contribution in [1.82, 2.24) is 19.9 Å². The predicted octanol–water partition coefficient (Wildman–Crippen LogP) is 2.01. The van der Waals surface area contributed by atoms with Gasteiger partial charge < -0.3 is 14.6 Å². The van der Waals surface area contributed by atoms with E-state index in [-0.39, 0.29) is 0 Å². The van der Waals surface area contributed by atoms with Gasteiger partial charge in [0, 0.05) is 31.7 Å². The monoisotopic (exact) mass is 300 g/mol. The fourth-order valence-corrected chi connectivity index (χ4v) is 3.69. The molecular weight excluding hydrogens is 276 g/mol. The third-order valence-electron chi connectivity index (χ3n) is 4.92. The lowest BCUT2D eigenvalue weighted by molar-refractivity contribution is 0.182. The van der Waals surface area contributed by atoms with Crippen LogP contribution in [0.1, 0.15) is 25.1 Å². The first-order valence-electron chi connectivity index (χ1n) is 8.49. The van der Waals surface area contributed by atoms with Crippen molar-refractivity contribution in [3.05, 3.63) is 24.2 Å². The van der Waals surface area contributed by atoms with Crippen LogP contribution in [0.15, 0.2) is 18.3 Å². The highest BCUT2D eigenvalue weighted by Crippen LogP contribution is 2.23. The Morgan fingerprint density at radius 1 is 1.32 bits per heavy atom. The van der Waals surface area contributed by atoms with Crippen molar-refractivity contribution >= 4 is 11.2 Å². The average Bonchev–Trinajstić information content (AvgIpc) is 3.18. The number of nitrogens with one attached hydrogen (secondary N) is 1. The number of imidazole rings is 1. The third-order valence-corrected chi connectivity index (χ3v) is 4.92. The van der Waals surface area contributed by atoms with Gasteiger partial charge in [0.05, 0.1) is 6.61 Å². The number of rotatable bonds is 4. The molecular formula is C17H24N4O. The molecule has 4 rings (SSSR count). The zero-order valence-electron chi connectivity index (χ0n) is 13.0.